The minimum Gasteiger partial charge on any atom is -0.383 e. The molecule has 19 heavy (non-hydrogen) atoms. The smallest absolute Gasteiger partial charge is 0.321 e. The van der Waals surface area contributed by atoms with E-state index in [1.807, 2.05) is 31.2 Å². The summed E-state index contributed by atoms with van der Waals surface area (Å²) >= 11 is 0. The number of carbonyl (C=O) groups excluding carboxylic acids is 2. The summed E-state index contributed by atoms with van der Waals surface area (Å²) in [6.07, 6.45) is 0. The van der Waals surface area contributed by atoms with Gasteiger partial charge in [0.1, 0.15) is 0 Å². The maximum absolute atomic E-state index is 11.5. The van der Waals surface area contributed by atoms with Crippen molar-refractivity contribution in [1.29, 1.82) is 0 Å². The van der Waals surface area contributed by atoms with E-state index in [0.29, 0.717) is 13.2 Å². The predicted octanol–water partition coefficient (Wildman–Crippen LogP) is 0.879. The summed E-state index contributed by atoms with van der Waals surface area (Å²) in [7, 11) is 1.54. The third kappa shape index (κ3) is 6.42. The standard InChI is InChI=1S/C13H19N3O3/c1-10-4-3-5-11(8-10)15-9-12(17)16-13(18)14-6-7-19-2/h3-5,8,15H,6-7,9H2,1-2H3,(H2,14,16,17,18). The van der Waals surface area contributed by atoms with Crippen LogP contribution >= 0.6 is 0 Å². The number of methoxy groups -OCH3 is 1. The number of amides is 3. The molecule has 0 unspecified atom stereocenters. The number of aryl methyl sites for hydroxylation is 1. The molecule has 3 N–H and O–H groups in total. The van der Waals surface area contributed by atoms with Crippen LogP contribution in [0, 0.1) is 6.92 Å². The summed E-state index contributed by atoms with van der Waals surface area (Å²) in [4.78, 5) is 22.7. The van der Waals surface area contributed by atoms with E-state index >= 15 is 0 Å². The van der Waals surface area contributed by atoms with Gasteiger partial charge in [0.25, 0.3) is 0 Å². The van der Waals surface area contributed by atoms with Gasteiger partial charge in [-0.2, -0.15) is 0 Å². The maximum atomic E-state index is 11.5. The molecule has 0 saturated heterocycles. The average molecular weight is 265 g/mol. The monoisotopic (exact) mass is 265 g/mol. The molecular formula is C13H19N3O3. The van der Waals surface area contributed by atoms with Gasteiger partial charge >= 0.3 is 6.03 Å². The van der Waals surface area contributed by atoms with Crippen molar-refractivity contribution >= 4 is 17.6 Å². The Morgan fingerprint density at radius 3 is 2.79 bits per heavy atom. The fourth-order valence-electron chi connectivity index (χ4n) is 1.42. The highest BCUT2D eigenvalue weighted by Gasteiger charge is 2.06. The molecule has 6 heteroatoms. The van der Waals surface area contributed by atoms with Gasteiger partial charge in [-0.3, -0.25) is 10.1 Å². The number of rotatable bonds is 6. The first-order valence-electron chi connectivity index (χ1n) is 5.99. The Hall–Kier alpha value is -2.08. The number of hydrogen-bond donors (Lipinski definition) is 3. The zero-order chi connectivity index (χ0) is 14.1. The molecule has 104 valence electrons. The Kier molecular flexibility index (Phi) is 6.38. The molecule has 0 fully saturated rings. The van der Waals surface area contributed by atoms with Crippen molar-refractivity contribution in [3.05, 3.63) is 29.8 Å². The highest BCUT2D eigenvalue weighted by Crippen LogP contribution is 2.08. The lowest BCUT2D eigenvalue weighted by Crippen LogP contribution is -2.42. The van der Waals surface area contributed by atoms with E-state index in [2.05, 4.69) is 16.0 Å². The topological polar surface area (TPSA) is 79.5 Å². The van der Waals surface area contributed by atoms with E-state index in [9.17, 15) is 9.59 Å². The minimum absolute atomic E-state index is 0.0428. The van der Waals surface area contributed by atoms with Gasteiger partial charge in [-0.15, -0.1) is 0 Å². The van der Waals surface area contributed by atoms with Crippen LogP contribution < -0.4 is 16.0 Å². The van der Waals surface area contributed by atoms with Crippen molar-refractivity contribution < 1.29 is 14.3 Å². The molecule has 3 amide bonds. The third-order valence-corrected chi connectivity index (χ3v) is 2.32. The van der Waals surface area contributed by atoms with E-state index in [-0.39, 0.29) is 6.54 Å². The zero-order valence-corrected chi connectivity index (χ0v) is 11.2. The molecule has 0 heterocycles. The van der Waals surface area contributed by atoms with Gasteiger partial charge in [-0.05, 0) is 24.6 Å². The van der Waals surface area contributed by atoms with Crippen LogP contribution in [0.15, 0.2) is 24.3 Å². The number of carbonyl (C=O) groups is 2. The largest absolute Gasteiger partial charge is 0.383 e. The van der Waals surface area contributed by atoms with Gasteiger partial charge in [0, 0.05) is 19.3 Å². The number of nitrogens with one attached hydrogen (secondary N) is 3. The Morgan fingerprint density at radius 2 is 2.11 bits per heavy atom. The number of imide groups is 1. The lowest BCUT2D eigenvalue weighted by Gasteiger charge is -2.08. The molecule has 0 aliphatic rings. The van der Waals surface area contributed by atoms with Crippen LogP contribution in [-0.4, -0.2) is 38.7 Å². The van der Waals surface area contributed by atoms with Crippen molar-refractivity contribution in [2.45, 2.75) is 6.92 Å². The third-order valence-electron chi connectivity index (χ3n) is 2.32. The van der Waals surface area contributed by atoms with Crippen molar-refractivity contribution in [2.75, 3.05) is 32.1 Å². The first kappa shape index (κ1) is 15.0. The summed E-state index contributed by atoms with van der Waals surface area (Å²) in [6, 6.07) is 7.12. The van der Waals surface area contributed by atoms with Gasteiger partial charge in [0.15, 0.2) is 0 Å². The van der Waals surface area contributed by atoms with Gasteiger partial charge < -0.3 is 15.4 Å². The van der Waals surface area contributed by atoms with Crippen LogP contribution in [0.3, 0.4) is 0 Å². The van der Waals surface area contributed by atoms with E-state index < -0.39 is 11.9 Å². The van der Waals surface area contributed by atoms with Gasteiger partial charge in [-0.1, -0.05) is 12.1 Å². The van der Waals surface area contributed by atoms with Crippen LogP contribution in [0.4, 0.5) is 10.5 Å². The summed E-state index contributed by atoms with van der Waals surface area (Å²) in [5, 5.41) is 7.66. The summed E-state index contributed by atoms with van der Waals surface area (Å²) in [6.45, 7) is 2.78. The molecule has 0 saturated carbocycles. The Labute approximate surface area is 112 Å². The quantitative estimate of drug-likeness (QED) is 0.667. The van der Waals surface area contributed by atoms with E-state index in [0.717, 1.165) is 11.3 Å². The molecule has 1 aromatic carbocycles. The van der Waals surface area contributed by atoms with Crippen LogP contribution in [0.1, 0.15) is 5.56 Å². The number of anilines is 1. The van der Waals surface area contributed by atoms with Crippen LogP contribution in [0.5, 0.6) is 0 Å². The van der Waals surface area contributed by atoms with E-state index in [1.165, 1.54) is 7.11 Å². The maximum Gasteiger partial charge on any atom is 0.321 e. The average Bonchev–Trinajstić information content (AvgIpc) is 2.37. The molecule has 0 radical (unpaired) electrons. The highest BCUT2D eigenvalue weighted by molar-refractivity contribution is 5.96. The zero-order valence-electron chi connectivity index (χ0n) is 11.2. The van der Waals surface area contributed by atoms with Crippen molar-refractivity contribution in [2.24, 2.45) is 0 Å². The molecule has 0 spiro atoms. The fourth-order valence-corrected chi connectivity index (χ4v) is 1.42. The molecule has 0 aliphatic carbocycles. The Balaban J connectivity index is 2.26. The van der Waals surface area contributed by atoms with Gasteiger partial charge in [0.2, 0.25) is 5.91 Å². The summed E-state index contributed by atoms with van der Waals surface area (Å²) in [5.41, 5.74) is 1.94. The van der Waals surface area contributed by atoms with Crippen LogP contribution in [0.2, 0.25) is 0 Å². The fraction of sp³-hybridized carbons (Fsp3) is 0.385. The van der Waals surface area contributed by atoms with E-state index in [1.54, 1.807) is 0 Å². The molecule has 6 nitrogen and oxygen atoms in total. The van der Waals surface area contributed by atoms with Crippen LogP contribution in [-0.2, 0) is 9.53 Å². The van der Waals surface area contributed by atoms with Crippen LogP contribution in [0.25, 0.3) is 0 Å². The first-order valence-corrected chi connectivity index (χ1v) is 5.99. The second-order valence-electron chi connectivity index (χ2n) is 4.02. The number of ether oxygens (including phenoxy) is 1. The molecular weight excluding hydrogens is 246 g/mol. The number of hydrogen-bond acceptors (Lipinski definition) is 4. The molecule has 0 bridgehead atoms. The minimum atomic E-state index is -0.520. The summed E-state index contributed by atoms with van der Waals surface area (Å²) in [5.74, 6) is -0.392. The summed E-state index contributed by atoms with van der Waals surface area (Å²) < 4.78 is 4.77. The van der Waals surface area contributed by atoms with Crippen molar-refractivity contribution in [3.63, 3.8) is 0 Å². The van der Waals surface area contributed by atoms with E-state index in [4.69, 9.17) is 4.74 Å². The molecule has 0 aromatic heterocycles. The normalized spacial score (nSPS) is 9.79. The molecule has 1 rings (SSSR count). The lowest BCUT2D eigenvalue weighted by molar-refractivity contribution is -0.118. The molecule has 0 atom stereocenters. The Morgan fingerprint density at radius 1 is 1.32 bits per heavy atom. The molecule has 0 aliphatic heterocycles. The van der Waals surface area contributed by atoms with Crippen molar-refractivity contribution in [1.82, 2.24) is 10.6 Å². The number of benzene rings is 1. The highest BCUT2D eigenvalue weighted by atomic mass is 16.5. The first-order chi connectivity index (χ1) is 9.11. The molecule has 1 aromatic rings. The SMILES string of the molecule is COCCNC(=O)NC(=O)CNc1cccc(C)c1. The lowest BCUT2D eigenvalue weighted by atomic mass is 10.2. The predicted molar refractivity (Wildman–Crippen MR) is 73.1 cm³/mol. The number of urea groups is 1. The second kappa shape index (κ2) is 8.10. The van der Waals surface area contributed by atoms with Gasteiger partial charge in [-0.25, -0.2) is 4.79 Å². The second-order valence-corrected chi connectivity index (χ2v) is 4.02. The Bertz CT molecular complexity index is 435. The van der Waals surface area contributed by atoms with Crippen molar-refractivity contribution in [3.8, 4) is 0 Å². The van der Waals surface area contributed by atoms with Gasteiger partial charge in [0.05, 0.1) is 13.2 Å².